The van der Waals surface area contributed by atoms with Gasteiger partial charge in [-0.15, -0.1) is 0 Å². The molecule has 4 heteroatoms. The third-order valence-corrected chi connectivity index (χ3v) is 11.3. The van der Waals surface area contributed by atoms with E-state index in [1.54, 1.807) is 0 Å². The van der Waals surface area contributed by atoms with Crippen molar-refractivity contribution in [1.82, 2.24) is 19.5 Å². The van der Waals surface area contributed by atoms with Gasteiger partial charge in [0.2, 0.25) is 0 Å². The molecule has 0 atom stereocenters. The predicted octanol–water partition coefficient (Wildman–Crippen LogP) is 12.3. The molecule has 0 saturated carbocycles. The van der Waals surface area contributed by atoms with Crippen LogP contribution in [0.5, 0.6) is 0 Å². The maximum atomic E-state index is 5.06. The summed E-state index contributed by atoms with van der Waals surface area (Å²) in [5.74, 6) is 1.92. The molecule has 4 nitrogen and oxygen atoms in total. The number of fused-ring (bicyclic) bond motifs is 6. The van der Waals surface area contributed by atoms with Crippen LogP contribution in [-0.2, 0) is 5.41 Å². The molecule has 0 bridgehead atoms. The summed E-state index contributed by atoms with van der Waals surface area (Å²) in [5.41, 5.74) is 13.3. The largest absolute Gasteiger partial charge is 0.309 e. The molecule has 0 spiro atoms. The van der Waals surface area contributed by atoms with Gasteiger partial charge < -0.3 is 4.57 Å². The molecule has 2 heterocycles. The van der Waals surface area contributed by atoms with Crippen molar-refractivity contribution in [3.8, 4) is 51.0 Å². The second kappa shape index (κ2) is 12.9. The van der Waals surface area contributed by atoms with Gasteiger partial charge in [0.15, 0.2) is 17.5 Å². The molecule has 0 radical (unpaired) electrons. The van der Waals surface area contributed by atoms with E-state index in [0.29, 0.717) is 17.5 Å². The van der Waals surface area contributed by atoms with E-state index in [1.807, 2.05) is 60.7 Å². The van der Waals surface area contributed by atoms with Gasteiger partial charge in [-0.05, 0) is 63.7 Å². The summed E-state index contributed by atoms with van der Waals surface area (Å²) in [7, 11) is 0. The zero-order chi connectivity index (χ0) is 37.1. The number of hydrogen-bond donors (Lipinski definition) is 0. The number of rotatable bonds is 6. The number of aromatic nitrogens is 4. The van der Waals surface area contributed by atoms with Crippen molar-refractivity contribution in [2.75, 3.05) is 0 Å². The van der Waals surface area contributed by atoms with Crippen LogP contribution in [0.1, 0.15) is 22.3 Å². The van der Waals surface area contributed by atoms with Crippen LogP contribution in [-0.4, -0.2) is 19.5 Å². The van der Waals surface area contributed by atoms with E-state index in [2.05, 4.69) is 150 Å². The highest BCUT2D eigenvalue weighted by atomic mass is 15.0. The third kappa shape index (κ3) is 4.89. The zero-order valence-corrected chi connectivity index (χ0v) is 30.4. The normalized spacial score (nSPS) is 12.8. The van der Waals surface area contributed by atoms with Crippen LogP contribution < -0.4 is 0 Å². The van der Waals surface area contributed by atoms with Crippen molar-refractivity contribution < 1.29 is 0 Å². The Morgan fingerprint density at radius 1 is 0.339 bits per heavy atom. The lowest BCUT2D eigenvalue weighted by atomic mass is 9.67. The van der Waals surface area contributed by atoms with Gasteiger partial charge in [-0.2, -0.15) is 0 Å². The van der Waals surface area contributed by atoms with Gasteiger partial charge in [0.25, 0.3) is 0 Å². The lowest BCUT2D eigenvalue weighted by Crippen LogP contribution is -2.28. The summed E-state index contributed by atoms with van der Waals surface area (Å²) in [6.45, 7) is 0. The van der Waals surface area contributed by atoms with Gasteiger partial charge in [0.1, 0.15) is 0 Å². The van der Waals surface area contributed by atoms with Crippen molar-refractivity contribution in [1.29, 1.82) is 0 Å². The molecule has 0 fully saturated rings. The molecule has 0 amide bonds. The molecule has 0 N–H and O–H groups in total. The second-order valence-corrected chi connectivity index (χ2v) is 14.4. The average Bonchev–Trinajstić information content (AvgIpc) is 3.76. The standard InChI is InChI=1S/C52H34N4/c1-5-18-35(19-6-1)49-53-50(36-20-7-2-8-21-36)55-51(54-49)37-22-17-27-40(32-37)56-47-31-16-14-29-42(47)44-33-46-43(34-48(44)56)41-28-13-15-30-45(41)52(46,38-23-9-3-10-24-38)39-25-11-4-12-26-39/h1-34H. The first-order chi connectivity index (χ1) is 27.8. The molecule has 0 saturated heterocycles. The summed E-state index contributed by atoms with van der Waals surface area (Å²) >= 11 is 0. The van der Waals surface area contributed by atoms with E-state index >= 15 is 0 Å². The fourth-order valence-electron chi connectivity index (χ4n) is 8.90. The first-order valence-corrected chi connectivity index (χ1v) is 19.0. The number of nitrogens with zero attached hydrogens (tertiary/aromatic N) is 4. The zero-order valence-electron chi connectivity index (χ0n) is 30.4. The summed E-state index contributed by atoms with van der Waals surface area (Å²) in [6, 6.07) is 73.5. The van der Waals surface area contributed by atoms with Crippen LogP contribution in [0.3, 0.4) is 0 Å². The highest BCUT2D eigenvalue weighted by Crippen LogP contribution is 2.57. The van der Waals surface area contributed by atoms with E-state index in [9.17, 15) is 0 Å². The molecule has 11 rings (SSSR count). The smallest absolute Gasteiger partial charge is 0.164 e. The molecule has 10 aromatic rings. The SMILES string of the molecule is c1ccc(-c2nc(-c3ccccc3)nc(-c3cccc(-n4c5ccccc5c5cc6c(cc54)-c4ccccc4C6(c4ccccc4)c4ccccc4)c3)n2)cc1. The summed E-state index contributed by atoms with van der Waals surface area (Å²) in [6.07, 6.45) is 0. The fourth-order valence-corrected chi connectivity index (χ4v) is 8.90. The molecule has 8 aromatic carbocycles. The Bertz CT molecular complexity index is 2960. The summed E-state index contributed by atoms with van der Waals surface area (Å²) in [5, 5.41) is 2.42. The molecular weight excluding hydrogens is 681 g/mol. The molecule has 0 aliphatic heterocycles. The van der Waals surface area contributed by atoms with Crippen molar-refractivity contribution in [3.63, 3.8) is 0 Å². The number of benzene rings is 8. The Labute approximate surface area is 325 Å². The molecule has 2 aromatic heterocycles. The molecule has 56 heavy (non-hydrogen) atoms. The van der Waals surface area contributed by atoms with Gasteiger partial charge in [0.05, 0.1) is 16.4 Å². The molecule has 262 valence electrons. The first-order valence-electron chi connectivity index (χ1n) is 19.0. The second-order valence-electron chi connectivity index (χ2n) is 14.4. The predicted molar refractivity (Wildman–Crippen MR) is 228 cm³/mol. The first kappa shape index (κ1) is 32.0. The number of hydrogen-bond acceptors (Lipinski definition) is 3. The van der Waals surface area contributed by atoms with Gasteiger partial charge in [-0.3, -0.25) is 0 Å². The van der Waals surface area contributed by atoms with Crippen molar-refractivity contribution >= 4 is 21.8 Å². The van der Waals surface area contributed by atoms with Crippen LogP contribution in [0.2, 0.25) is 0 Å². The fraction of sp³-hybridized carbons (Fsp3) is 0.0192. The van der Waals surface area contributed by atoms with Crippen molar-refractivity contribution in [3.05, 3.63) is 229 Å². The third-order valence-electron chi connectivity index (χ3n) is 11.3. The van der Waals surface area contributed by atoms with Gasteiger partial charge in [0, 0.05) is 33.2 Å². The van der Waals surface area contributed by atoms with Crippen LogP contribution in [0.4, 0.5) is 0 Å². The summed E-state index contributed by atoms with van der Waals surface area (Å²) in [4.78, 5) is 15.1. The van der Waals surface area contributed by atoms with E-state index in [0.717, 1.165) is 33.4 Å². The maximum Gasteiger partial charge on any atom is 0.164 e. The monoisotopic (exact) mass is 714 g/mol. The highest BCUT2D eigenvalue weighted by molar-refractivity contribution is 6.12. The lowest BCUT2D eigenvalue weighted by Gasteiger charge is -2.33. The minimum Gasteiger partial charge on any atom is -0.309 e. The Morgan fingerprint density at radius 3 is 1.50 bits per heavy atom. The van der Waals surface area contributed by atoms with Crippen LogP contribution >= 0.6 is 0 Å². The van der Waals surface area contributed by atoms with Crippen molar-refractivity contribution in [2.24, 2.45) is 0 Å². The minimum absolute atomic E-state index is 0.475. The number of para-hydroxylation sites is 1. The van der Waals surface area contributed by atoms with E-state index in [4.69, 9.17) is 15.0 Å². The Balaban J connectivity index is 1.16. The van der Waals surface area contributed by atoms with Crippen LogP contribution in [0.25, 0.3) is 72.8 Å². The summed E-state index contributed by atoms with van der Waals surface area (Å²) < 4.78 is 2.40. The molecular formula is C52H34N4. The molecule has 1 aliphatic rings. The van der Waals surface area contributed by atoms with E-state index < -0.39 is 5.41 Å². The van der Waals surface area contributed by atoms with Gasteiger partial charge >= 0.3 is 0 Å². The maximum absolute atomic E-state index is 5.06. The highest BCUT2D eigenvalue weighted by Gasteiger charge is 2.46. The minimum atomic E-state index is -0.475. The lowest BCUT2D eigenvalue weighted by molar-refractivity contribution is 0.769. The van der Waals surface area contributed by atoms with Gasteiger partial charge in [-0.25, -0.2) is 15.0 Å². The Hall–Kier alpha value is -7.43. The molecule has 1 aliphatic carbocycles. The Kier molecular flexibility index (Phi) is 7.36. The quantitative estimate of drug-likeness (QED) is 0.172. The topological polar surface area (TPSA) is 43.6 Å². The Morgan fingerprint density at radius 2 is 0.857 bits per heavy atom. The van der Waals surface area contributed by atoms with Gasteiger partial charge in [-0.1, -0.05) is 176 Å². The van der Waals surface area contributed by atoms with E-state index in [1.165, 1.54) is 44.2 Å². The average molecular weight is 715 g/mol. The van der Waals surface area contributed by atoms with Crippen LogP contribution in [0.15, 0.2) is 206 Å². The van der Waals surface area contributed by atoms with E-state index in [-0.39, 0.29) is 0 Å². The van der Waals surface area contributed by atoms with Crippen LogP contribution in [0, 0.1) is 0 Å². The van der Waals surface area contributed by atoms with Crippen molar-refractivity contribution in [2.45, 2.75) is 5.41 Å². The molecule has 0 unspecified atom stereocenters.